The summed E-state index contributed by atoms with van der Waals surface area (Å²) in [6.45, 7) is 7.83. The Kier molecular flexibility index (Phi) is 8.11. The molecule has 0 aromatic rings. The number of hydrogen-bond donors (Lipinski definition) is 0. The van der Waals surface area contributed by atoms with Crippen LogP contribution < -0.4 is 0 Å². The van der Waals surface area contributed by atoms with E-state index in [0.29, 0.717) is 6.42 Å². The minimum atomic E-state index is -0.818. The molecule has 0 N–H and O–H groups in total. The molecule has 0 spiro atoms. The fourth-order valence-corrected chi connectivity index (χ4v) is 1.55. The van der Waals surface area contributed by atoms with Gasteiger partial charge in [0.15, 0.2) is 5.92 Å². The van der Waals surface area contributed by atoms with E-state index < -0.39 is 17.9 Å². The van der Waals surface area contributed by atoms with E-state index in [1.54, 1.807) is 13.8 Å². The van der Waals surface area contributed by atoms with Gasteiger partial charge in [-0.2, -0.15) is 0 Å². The molecule has 0 aliphatic heterocycles. The van der Waals surface area contributed by atoms with Crippen molar-refractivity contribution in [2.24, 2.45) is 11.8 Å². The standard InChI is InChI=1S/C13H22O4/c1-5-8-10(4)9-11(12(14)16-6-2)13(15)17-7-3/h5,8,10-11H,6-7,9H2,1-4H3/b8-5+/t10-/m1/s1. The molecule has 0 unspecified atom stereocenters. The SMILES string of the molecule is C/C=C/[C@@H](C)CC(C(=O)OCC)C(=O)OCC. The summed E-state index contributed by atoms with van der Waals surface area (Å²) in [4.78, 5) is 23.3. The highest BCUT2D eigenvalue weighted by molar-refractivity contribution is 5.94. The van der Waals surface area contributed by atoms with Crippen LogP contribution in [0.25, 0.3) is 0 Å². The third-order valence-electron chi connectivity index (χ3n) is 2.27. The van der Waals surface area contributed by atoms with E-state index in [1.807, 2.05) is 26.0 Å². The van der Waals surface area contributed by atoms with Crippen molar-refractivity contribution in [2.75, 3.05) is 13.2 Å². The zero-order chi connectivity index (χ0) is 13.3. The summed E-state index contributed by atoms with van der Waals surface area (Å²) >= 11 is 0. The monoisotopic (exact) mass is 242 g/mol. The fourth-order valence-electron chi connectivity index (χ4n) is 1.55. The average Bonchev–Trinajstić information content (AvgIpc) is 2.26. The molecule has 0 saturated carbocycles. The van der Waals surface area contributed by atoms with Gasteiger partial charge in [0, 0.05) is 0 Å². The highest BCUT2D eigenvalue weighted by Gasteiger charge is 2.30. The summed E-state index contributed by atoms with van der Waals surface area (Å²) in [6, 6.07) is 0. The van der Waals surface area contributed by atoms with Crippen molar-refractivity contribution in [1.82, 2.24) is 0 Å². The van der Waals surface area contributed by atoms with Gasteiger partial charge in [0.1, 0.15) is 0 Å². The van der Waals surface area contributed by atoms with Crippen molar-refractivity contribution in [1.29, 1.82) is 0 Å². The minimum absolute atomic E-state index is 0.138. The van der Waals surface area contributed by atoms with Crippen molar-refractivity contribution in [3.05, 3.63) is 12.2 Å². The Labute approximate surface area is 103 Å². The predicted molar refractivity (Wildman–Crippen MR) is 65.4 cm³/mol. The summed E-state index contributed by atoms with van der Waals surface area (Å²) in [5.74, 6) is -1.68. The number of ether oxygens (including phenoxy) is 2. The maximum absolute atomic E-state index is 11.7. The molecule has 0 fully saturated rings. The zero-order valence-electron chi connectivity index (χ0n) is 11.1. The first-order valence-corrected chi connectivity index (χ1v) is 6.02. The Morgan fingerprint density at radius 1 is 1.12 bits per heavy atom. The van der Waals surface area contributed by atoms with Gasteiger partial charge in [-0.1, -0.05) is 19.1 Å². The largest absolute Gasteiger partial charge is 0.465 e. The maximum atomic E-state index is 11.7. The van der Waals surface area contributed by atoms with Crippen LogP contribution in [0, 0.1) is 11.8 Å². The summed E-state index contributed by atoms with van der Waals surface area (Å²) in [5.41, 5.74) is 0. The topological polar surface area (TPSA) is 52.6 Å². The van der Waals surface area contributed by atoms with E-state index >= 15 is 0 Å². The lowest BCUT2D eigenvalue weighted by Gasteiger charge is -2.16. The maximum Gasteiger partial charge on any atom is 0.320 e. The second-order valence-electron chi connectivity index (χ2n) is 3.80. The third-order valence-corrected chi connectivity index (χ3v) is 2.27. The van der Waals surface area contributed by atoms with Crippen molar-refractivity contribution in [3.63, 3.8) is 0 Å². The van der Waals surface area contributed by atoms with Gasteiger partial charge in [0.25, 0.3) is 0 Å². The highest BCUT2D eigenvalue weighted by Crippen LogP contribution is 2.17. The van der Waals surface area contributed by atoms with Crippen LogP contribution >= 0.6 is 0 Å². The first-order valence-electron chi connectivity index (χ1n) is 6.02. The molecule has 0 amide bonds. The summed E-state index contributed by atoms with van der Waals surface area (Å²) in [7, 11) is 0. The predicted octanol–water partition coefficient (Wildman–Crippen LogP) is 2.33. The smallest absolute Gasteiger partial charge is 0.320 e. The Balaban J connectivity index is 4.60. The third kappa shape index (κ3) is 6.09. The van der Waals surface area contributed by atoms with E-state index in [0.717, 1.165) is 0 Å². The molecular weight excluding hydrogens is 220 g/mol. The molecule has 98 valence electrons. The molecule has 4 heteroatoms. The number of carbonyl (C=O) groups excluding carboxylic acids is 2. The Hall–Kier alpha value is -1.32. The molecule has 0 aromatic carbocycles. The summed E-state index contributed by atoms with van der Waals surface area (Å²) in [6.07, 6.45) is 4.27. The molecule has 0 aliphatic carbocycles. The first kappa shape index (κ1) is 15.7. The molecule has 0 saturated heterocycles. The van der Waals surface area contributed by atoms with E-state index in [-0.39, 0.29) is 19.1 Å². The van der Waals surface area contributed by atoms with Gasteiger partial charge in [-0.05, 0) is 33.1 Å². The zero-order valence-corrected chi connectivity index (χ0v) is 11.1. The van der Waals surface area contributed by atoms with Crippen LogP contribution in [0.5, 0.6) is 0 Å². The van der Waals surface area contributed by atoms with Crippen molar-refractivity contribution < 1.29 is 19.1 Å². The first-order chi connectivity index (χ1) is 8.06. The van der Waals surface area contributed by atoms with Crippen LogP contribution in [-0.4, -0.2) is 25.2 Å². The van der Waals surface area contributed by atoms with E-state index in [9.17, 15) is 9.59 Å². The van der Waals surface area contributed by atoms with Crippen molar-refractivity contribution in [3.8, 4) is 0 Å². The Morgan fingerprint density at radius 2 is 1.59 bits per heavy atom. The number of esters is 2. The Bertz CT molecular complexity index is 253. The second kappa shape index (κ2) is 8.79. The van der Waals surface area contributed by atoms with Gasteiger partial charge in [-0.15, -0.1) is 0 Å². The average molecular weight is 242 g/mol. The van der Waals surface area contributed by atoms with Gasteiger partial charge in [-0.25, -0.2) is 0 Å². The van der Waals surface area contributed by atoms with E-state index in [1.165, 1.54) is 0 Å². The highest BCUT2D eigenvalue weighted by atomic mass is 16.6. The van der Waals surface area contributed by atoms with Gasteiger partial charge < -0.3 is 9.47 Å². The van der Waals surface area contributed by atoms with Crippen LogP contribution in [0.15, 0.2) is 12.2 Å². The molecule has 0 heterocycles. The molecule has 4 nitrogen and oxygen atoms in total. The molecular formula is C13H22O4. The number of allylic oxidation sites excluding steroid dienone is 2. The molecule has 0 bridgehead atoms. The number of rotatable bonds is 7. The summed E-state index contributed by atoms with van der Waals surface area (Å²) in [5, 5.41) is 0. The lowest BCUT2D eigenvalue weighted by Crippen LogP contribution is -2.29. The molecule has 1 atom stereocenters. The van der Waals surface area contributed by atoms with Crippen LogP contribution in [0.3, 0.4) is 0 Å². The molecule has 0 aromatic heterocycles. The lowest BCUT2D eigenvalue weighted by atomic mass is 9.95. The quantitative estimate of drug-likeness (QED) is 0.390. The molecule has 0 rings (SSSR count). The van der Waals surface area contributed by atoms with E-state index in [2.05, 4.69) is 0 Å². The fraction of sp³-hybridized carbons (Fsp3) is 0.692. The Morgan fingerprint density at radius 3 is 1.94 bits per heavy atom. The summed E-state index contributed by atoms with van der Waals surface area (Å²) < 4.78 is 9.77. The van der Waals surface area contributed by atoms with Crippen molar-refractivity contribution >= 4 is 11.9 Å². The van der Waals surface area contributed by atoms with Gasteiger partial charge >= 0.3 is 11.9 Å². The van der Waals surface area contributed by atoms with Crippen LogP contribution in [0.2, 0.25) is 0 Å². The van der Waals surface area contributed by atoms with Gasteiger partial charge in [0.05, 0.1) is 13.2 Å². The second-order valence-corrected chi connectivity index (χ2v) is 3.80. The lowest BCUT2D eigenvalue weighted by molar-refractivity contribution is -0.162. The van der Waals surface area contributed by atoms with Gasteiger partial charge in [-0.3, -0.25) is 9.59 Å². The number of hydrogen-bond acceptors (Lipinski definition) is 4. The van der Waals surface area contributed by atoms with Crippen LogP contribution in [0.1, 0.15) is 34.1 Å². The van der Waals surface area contributed by atoms with Crippen LogP contribution in [0.4, 0.5) is 0 Å². The molecule has 0 radical (unpaired) electrons. The molecule has 0 aliphatic rings. The van der Waals surface area contributed by atoms with Crippen molar-refractivity contribution in [2.45, 2.75) is 34.1 Å². The normalized spacial score (nSPS) is 12.8. The molecule has 17 heavy (non-hydrogen) atoms. The number of carbonyl (C=O) groups is 2. The minimum Gasteiger partial charge on any atom is -0.465 e. The van der Waals surface area contributed by atoms with E-state index in [4.69, 9.17) is 9.47 Å². The van der Waals surface area contributed by atoms with Crippen LogP contribution in [-0.2, 0) is 19.1 Å². The van der Waals surface area contributed by atoms with Gasteiger partial charge in [0.2, 0.25) is 0 Å².